The van der Waals surface area contributed by atoms with Crippen LogP contribution in [-0.2, 0) is 16.9 Å². The summed E-state index contributed by atoms with van der Waals surface area (Å²) in [6.07, 6.45) is 2.79. The van der Waals surface area contributed by atoms with Crippen LogP contribution in [0.25, 0.3) is 0 Å². The first-order valence-electron chi connectivity index (χ1n) is 4.26. The van der Waals surface area contributed by atoms with E-state index in [4.69, 9.17) is 5.73 Å². The minimum atomic E-state index is -3.11. The van der Waals surface area contributed by atoms with Crippen molar-refractivity contribution in [2.75, 3.05) is 6.26 Å². The highest BCUT2D eigenvalue weighted by Crippen LogP contribution is 2.17. The van der Waals surface area contributed by atoms with Gasteiger partial charge in [-0.25, -0.2) is 8.42 Å². The van der Waals surface area contributed by atoms with Gasteiger partial charge in [0.05, 0.1) is 17.0 Å². The number of nitrogens with zero attached hydrogens (tertiary/aromatic N) is 2. The quantitative estimate of drug-likeness (QED) is 0.764. The van der Waals surface area contributed by atoms with Crippen molar-refractivity contribution in [2.45, 2.75) is 18.2 Å². The first-order valence-corrected chi connectivity index (χ1v) is 6.22. The summed E-state index contributed by atoms with van der Waals surface area (Å²) in [5.41, 5.74) is 6.55. The molecule has 0 amide bonds. The largest absolute Gasteiger partial charge is 0.322 e. The maximum absolute atomic E-state index is 11.3. The van der Waals surface area contributed by atoms with Crippen LogP contribution in [0.5, 0.6) is 0 Å². The minimum absolute atomic E-state index is 0.530. The normalized spacial score (nSPS) is 16.6. The van der Waals surface area contributed by atoms with Crippen LogP contribution in [0, 0.1) is 0 Å². The Kier molecular flexibility index (Phi) is 2.96. The minimum Gasteiger partial charge on any atom is -0.322 e. The van der Waals surface area contributed by atoms with Crippen molar-refractivity contribution in [3.05, 3.63) is 18.0 Å². The molecule has 1 rings (SSSR count). The molecular weight excluding hydrogens is 202 g/mol. The molecule has 1 aromatic heterocycles. The van der Waals surface area contributed by atoms with Gasteiger partial charge in [0.2, 0.25) is 0 Å². The lowest BCUT2D eigenvalue weighted by atomic mass is 10.1. The molecule has 5 nitrogen and oxygen atoms in total. The monoisotopic (exact) mass is 217 g/mol. The maximum Gasteiger partial charge on any atom is 0.151 e. The van der Waals surface area contributed by atoms with Gasteiger partial charge < -0.3 is 5.73 Å². The molecule has 0 aliphatic heterocycles. The molecule has 2 atom stereocenters. The van der Waals surface area contributed by atoms with Crippen LogP contribution >= 0.6 is 0 Å². The number of nitrogens with two attached hydrogens (primary N) is 1. The number of hydrogen-bond donors (Lipinski definition) is 1. The summed E-state index contributed by atoms with van der Waals surface area (Å²) >= 11 is 0. The zero-order valence-electron chi connectivity index (χ0n) is 8.51. The molecule has 0 bridgehead atoms. The van der Waals surface area contributed by atoms with E-state index in [1.54, 1.807) is 30.9 Å². The van der Waals surface area contributed by atoms with Crippen molar-refractivity contribution in [1.82, 2.24) is 9.78 Å². The Hall–Kier alpha value is -0.880. The van der Waals surface area contributed by atoms with Crippen molar-refractivity contribution < 1.29 is 8.42 Å². The van der Waals surface area contributed by atoms with Gasteiger partial charge >= 0.3 is 0 Å². The molecule has 0 saturated heterocycles. The maximum atomic E-state index is 11.3. The molecule has 2 unspecified atom stereocenters. The van der Waals surface area contributed by atoms with E-state index in [0.717, 1.165) is 5.69 Å². The van der Waals surface area contributed by atoms with Gasteiger partial charge in [0.15, 0.2) is 9.84 Å². The number of aryl methyl sites for hydroxylation is 1. The van der Waals surface area contributed by atoms with E-state index in [-0.39, 0.29) is 0 Å². The van der Waals surface area contributed by atoms with E-state index in [1.165, 1.54) is 6.26 Å². The molecule has 0 aliphatic rings. The molecule has 1 aromatic rings. The zero-order valence-corrected chi connectivity index (χ0v) is 9.32. The standard InChI is InChI=1S/C8H15N3O2S/c1-6(14(3,12)13)8(9)7-4-5-10-11(7)2/h4-6,8H,9H2,1-3H3. The van der Waals surface area contributed by atoms with Gasteiger partial charge in [0.1, 0.15) is 0 Å². The van der Waals surface area contributed by atoms with Crippen LogP contribution in [0.2, 0.25) is 0 Å². The Morgan fingerprint density at radius 1 is 1.57 bits per heavy atom. The molecule has 0 radical (unpaired) electrons. The fraction of sp³-hybridized carbons (Fsp3) is 0.625. The second kappa shape index (κ2) is 3.70. The van der Waals surface area contributed by atoms with Gasteiger partial charge in [-0.3, -0.25) is 4.68 Å². The molecule has 1 heterocycles. The Bertz CT molecular complexity index is 410. The Morgan fingerprint density at radius 2 is 2.14 bits per heavy atom. The molecule has 0 aliphatic carbocycles. The zero-order chi connectivity index (χ0) is 10.9. The molecule has 6 heteroatoms. The van der Waals surface area contributed by atoms with Crippen LogP contribution in [0.4, 0.5) is 0 Å². The lowest BCUT2D eigenvalue weighted by Gasteiger charge is -2.18. The van der Waals surface area contributed by atoms with Crippen molar-refractivity contribution in [3.8, 4) is 0 Å². The Balaban J connectivity index is 2.97. The SMILES string of the molecule is CC(C(N)c1ccnn1C)S(C)(=O)=O. The van der Waals surface area contributed by atoms with Gasteiger partial charge in [-0.1, -0.05) is 0 Å². The summed E-state index contributed by atoms with van der Waals surface area (Å²) in [5, 5.41) is 3.34. The lowest BCUT2D eigenvalue weighted by Crippen LogP contribution is -2.31. The highest BCUT2D eigenvalue weighted by Gasteiger charge is 2.25. The van der Waals surface area contributed by atoms with Crippen molar-refractivity contribution >= 4 is 9.84 Å². The highest BCUT2D eigenvalue weighted by atomic mass is 32.2. The van der Waals surface area contributed by atoms with Gasteiger partial charge in [-0.15, -0.1) is 0 Å². The number of rotatable bonds is 3. The summed E-state index contributed by atoms with van der Waals surface area (Å²) in [7, 11) is -1.37. The third-order valence-electron chi connectivity index (χ3n) is 2.38. The fourth-order valence-electron chi connectivity index (χ4n) is 1.22. The highest BCUT2D eigenvalue weighted by molar-refractivity contribution is 7.91. The van der Waals surface area contributed by atoms with Crippen LogP contribution < -0.4 is 5.73 Å². The van der Waals surface area contributed by atoms with E-state index in [0.29, 0.717) is 0 Å². The number of sulfone groups is 1. The molecule has 0 spiro atoms. The average molecular weight is 217 g/mol. The van der Waals surface area contributed by atoms with E-state index in [9.17, 15) is 8.42 Å². The molecule has 0 aromatic carbocycles. The third kappa shape index (κ3) is 2.13. The van der Waals surface area contributed by atoms with Gasteiger partial charge in [-0.05, 0) is 13.0 Å². The molecular formula is C8H15N3O2S. The van der Waals surface area contributed by atoms with Crippen molar-refractivity contribution in [2.24, 2.45) is 12.8 Å². The molecule has 14 heavy (non-hydrogen) atoms. The predicted octanol–water partition coefficient (Wildman–Crippen LogP) is -0.147. The smallest absolute Gasteiger partial charge is 0.151 e. The predicted molar refractivity (Wildman–Crippen MR) is 54.4 cm³/mol. The van der Waals surface area contributed by atoms with Crippen LogP contribution in [0.3, 0.4) is 0 Å². The van der Waals surface area contributed by atoms with E-state index >= 15 is 0 Å². The second-order valence-electron chi connectivity index (χ2n) is 3.44. The van der Waals surface area contributed by atoms with Crippen molar-refractivity contribution in [3.63, 3.8) is 0 Å². The summed E-state index contributed by atoms with van der Waals surface area (Å²) in [6.45, 7) is 1.60. The van der Waals surface area contributed by atoms with E-state index in [1.807, 2.05) is 0 Å². The summed E-state index contributed by atoms with van der Waals surface area (Å²) in [5.74, 6) is 0. The Morgan fingerprint density at radius 3 is 2.50 bits per heavy atom. The molecule has 0 fully saturated rings. The van der Waals surface area contributed by atoms with Crippen LogP contribution in [0.1, 0.15) is 18.7 Å². The van der Waals surface area contributed by atoms with Gasteiger partial charge in [-0.2, -0.15) is 5.10 Å². The van der Waals surface area contributed by atoms with Crippen LogP contribution in [0.15, 0.2) is 12.3 Å². The number of aromatic nitrogens is 2. The molecule has 80 valence electrons. The first-order chi connectivity index (χ1) is 6.34. The Labute approximate surface area is 83.8 Å². The fourth-order valence-corrected chi connectivity index (χ4v) is 1.89. The summed E-state index contributed by atoms with van der Waals surface area (Å²) in [4.78, 5) is 0. The summed E-state index contributed by atoms with van der Waals surface area (Å²) < 4.78 is 24.1. The molecule has 0 saturated carbocycles. The molecule has 2 N–H and O–H groups in total. The van der Waals surface area contributed by atoms with E-state index < -0.39 is 21.1 Å². The van der Waals surface area contributed by atoms with Crippen molar-refractivity contribution in [1.29, 1.82) is 0 Å². The average Bonchev–Trinajstić information content (AvgIpc) is 2.47. The number of hydrogen-bond acceptors (Lipinski definition) is 4. The summed E-state index contributed by atoms with van der Waals surface area (Å²) in [6, 6.07) is 1.20. The van der Waals surface area contributed by atoms with Gasteiger partial charge in [0.25, 0.3) is 0 Å². The third-order valence-corrected chi connectivity index (χ3v) is 4.03. The van der Waals surface area contributed by atoms with E-state index in [2.05, 4.69) is 5.10 Å². The first kappa shape index (κ1) is 11.2. The second-order valence-corrected chi connectivity index (χ2v) is 5.84. The lowest BCUT2D eigenvalue weighted by molar-refractivity contribution is 0.554. The van der Waals surface area contributed by atoms with Gasteiger partial charge in [0, 0.05) is 19.5 Å². The topological polar surface area (TPSA) is 78.0 Å². The van der Waals surface area contributed by atoms with Crippen LogP contribution in [-0.4, -0.2) is 29.7 Å².